The quantitative estimate of drug-likeness (QED) is 0.826. The Morgan fingerprint density at radius 3 is 2.46 bits per heavy atom. The molecule has 1 saturated heterocycles. The molecule has 2 N–H and O–H groups in total. The smallest absolute Gasteiger partial charge is 0.0460 e. The molecule has 2 aromatic carbocycles. The van der Waals surface area contributed by atoms with Crippen LogP contribution in [0.3, 0.4) is 0 Å². The highest BCUT2D eigenvalue weighted by Crippen LogP contribution is 2.22. The van der Waals surface area contributed by atoms with Crippen molar-refractivity contribution in [2.24, 2.45) is 5.92 Å². The zero-order valence-electron chi connectivity index (χ0n) is 13.9. The van der Waals surface area contributed by atoms with Crippen molar-refractivity contribution in [3.63, 3.8) is 0 Å². The third kappa shape index (κ3) is 4.73. The third-order valence-electron chi connectivity index (χ3n) is 4.77. The SMILES string of the molecule is OCC1CCN(Cc2ccccc2NCc2ccc(Cl)cc2)CC1. The van der Waals surface area contributed by atoms with Gasteiger partial charge in [-0.15, -0.1) is 0 Å². The minimum absolute atomic E-state index is 0.326. The van der Waals surface area contributed by atoms with Gasteiger partial charge in [0.2, 0.25) is 0 Å². The molecule has 1 fully saturated rings. The molecule has 0 aliphatic carbocycles. The normalized spacial score (nSPS) is 16.2. The molecule has 1 heterocycles. The Morgan fingerprint density at radius 2 is 1.75 bits per heavy atom. The lowest BCUT2D eigenvalue weighted by atomic mass is 9.97. The second-order valence-electron chi connectivity index (χ2n) is 6.54. The molecule has 4 heteroatoms. The second-order valence-corrected chi connectivity index (χ2v) is 6.98. The standard InChI is InChI=1S/C20H25ClN2O/c21-19-7-5-16(6-8-19)13-22-20-4-2-1-3-18(20)14-23-11-9-17(15-24)10-12-23/h1-8,17,22,24H,9-15H2. The van der Waals surface area contributed by atoms with Gasteiger partial charge in [-0.1, -0.05) is 41.9 Å². The number of nitrogens with one attached hydrogen (secondary N) is 1. The van der Waals surface area contributed by atoms with E-state index in [-0.39, 0.29) is 0 Å². The summed E-state index contributed by atoms with van der Waals surface area (Å²) < 4.78 is 0. The summed E-state index contributed by atoms with van der Waals surface area (Å²) in [5.74, 6) is 0.486. The summed E-state index contributed by atoms with van der Waals surface area (Å²) in [6.45, 7) is 4.21. The fourth-order valence-corrected chi connectivity index (χ4v) is 3.32. The van der Waals surface area contributed by atoms with Crippen LogP contribution in [0.1, 0.15) is 24.0 Å². The molecular formula is C20H25ClN2O. The molecule has 0 saturated carbocycles. The molecule has 1 aliphatic heterocycles. The number of piperidine rings is 1. The van der Waals surface area contributed by atoms with Crippen molar-refractivity contribution in [2.75, 3.05) is 25.0 Å². The number of para-hydroxylation sites is 1. The first-order chi connectivity index (χ1) is 11.7. The van der Waals surface area contributed by atoms with Gasteiger partial charge in [-0.25, -0.2) is 0 Å². The van der Waals surface area contributed by atoms with Crippen LogP contribution in [0.15, 0.2) is 48.5 Å². The van der Waals surface area contributed by atoms with Gasteiger partial charge in [0.15, 0.2) is 0 Å². The average molecular weight is 345 g/mol. The van der Waals surface area contributed by atoms with Crippen LogP contribution in [0, 0.1) is 5.92 Å². The molecular weight excluding hydrogens is 320 g/mol. The number of rotatable bonds is 6. The van der Waals surface area contributed by atoms with Crippen LogP contribution >= 0.6 is 11.6 Å². The van der Waals surface area contributed by atoms with Crippen LogP contribution in [-0.2, 0) is 13.1 Å². The maximum atomic E-state index is 9.27. The van der Waals surface area contributed by atoms with E-state index in [2.05, 4.69) is 46.6 Å². The van der Waals surface area contributed by atoms with Gasteiger partial charge in [0, 0.05) is 30.4 Å². The predicted molar refractivity (Wildman–Crippen MR) is 100 cm³/mol. The summed E-state index contributed by atoms with van der Waals surface area (Å²) in [6.07, 6.45) is 2.19. The molecule has 0 amide bonds. The first-order valence-corrected chi connectivity index (χ1v) is 9.02. The summed E-state index contributed by atoms with van der Waals surface area (Å²) in [5.41, 5.74) is 3.74. The van der Waals surface area contributed by atoms with Crippen molar-refractivity contribution in [3.05, 3.63) is 64.7 Å². The van der Waals surface area contributed by atoms with E-state index in [4.69, 9.17) is 11.6 Å². The van der Waals surface area contributed by atoms with Gasteiger partial charge in [-0.2, -0.15) is 0 Å². The Hall–Kier alpha value is -1.55. The number of likely N-dealkylation sites (tertiary alicyclic amines) is 1. The summed E-state index contributed by atoms with van der Waals surface area (Å²) in [4.78, 5) is 2.48. The van der Waals surface area contributed by atoms with Crippen molar-refractivity contribution >= 4 is 17.3 Å². The molecule has 0 atom stereocenters. The predicted octanol–water partition coefficient (Wildman–Crippen LogP) is 4.16. The molecule has 0 aromatic heterocycles. The fraction of sp³-hybridized carbons (Fsp3) is 0.400. The van der Waals surface area contributed by atoms with Crippen LogP contribution in [0.5, 0.6) is 0 Å². The fourth-order valence-electron chi connectivity index (χ4n) is 3.20. The maximum Gasteiger partial charge on any atom is 0.0460 e. The average Bonchev–Trinajstić information content (AvgIpc) is 2.63. The highest BCUT2D eigenvalue weighted by molar-refractivity contribution is 6.30. The van der Waals surface area contributed by atoms with Crippen LogP contribution < -0.4 is 5.32 Å². The minimum Gasteiger partial charge on any atom is -0.396 e. The Balaban J connectivity index is 1.59. The first-order valence-electron chi connectivity index (χ1n) is 8.64. The Morgan fingerprint density at radius 1 is 1.04 bits per heavy atom. The highest BCUT2D eigenvalue weighted by Gasteiger charge is 2.19. The van der Waals surface area contributed by atoms with Gasteiger partial charge in [-0.3, -0.25) is 4.90 Å². The highest BCUT2D eigenvalue weighted by atomic mass is 35.5. The summed E-state index contributed by atoms with van der Waals surface area (Å²) >= 11 is 5.94. The molecule has 0 unspecified atom stereocenters. The minimum atomic E-state index is 0.326. The lowest BCUT2D eigenvalue weighted by Crippen LogP contribution is -2.34. The lowest BCUT2D eigenvalue weighted by molar-refractivity contribution is 0.127. The van der Waals surface area contributed by atoms with Crippen molar-refractivity contribution in [2.45, 2.75) is 25.9 Å². The van der Waals surface area contributed by atoms with Gasteiger partial charge in [0.25, 0.3) is 0 Å². The van der Waals surface area contributed by atoms with Crippen LogP contribution in [0.4, 0.5) is 5.69 Å². The molecule has 0 spiro atoms. The largest absolute Gasteiger partial charge is 0.396 e. The van der Waals surface area contributed by atoms with E-state index in [1.807, 2.05) is 12.1 Å². The number of aliphatic hydroxyl groups excluding tert-OH is 1. The van der Waals surface area contributed by atoms with E-state index in [0.717, 1.165) is 44.0 Å². The van der Waals surface area contributed by atoms with E-state index in [1.54, 1.807) is 0 Å². The summed E-state index contributed by atoms with van der Waals surface area (Å²) in [5, 5.41) is 13.6. The van der Waals surface area contributed by atoms with Gasteiger partial charge in [-0.05, 0) is 61.2 Å². The number of hydrogen-bond donors (Lipinski definition) is 2. The summed E-state index contributed by atoms with van der Waals surface area (Å²) in [7, 11) is 0. The number of benzene rings is 2. The molecule has 24 heavy (non-hydrogen) atoms. The number of anilines is 1. The van der Waals surface area contributed by atoms with E-state index < -0.39 is 0 Å². The number of aliphatic hydroxyl groups is 1. The Kier molecular flexibility index (Phi) is 6.13. The third-order valence-corrected chi connectivity index (χ3v) is 5.02. The zero-order valence-corrected chi connectivity index (χ0v) is 14.7. The molecule has 2 aromatic rings. The van der Waals surface area contributed by atoms with Crippen molar-refractivity contribution in [3.8, 4) is 0 Å². The van der Waals surface area contributed by atoms with Gasteiger partial charge in [0.1, 0.15) is 0 Å². The second kappa shape index (κ2) is 8.52. The van der Waals surface area contributed by atoms with E-state index >= 15 is 0 Å². The summed E-state index contributed by atoms with van der Waals surface area (Å²) in [6, 6.07) is 16.5. The number of halogens is 1. The maximum absolute atomic E-state index is 9.27. The van der Waals surface area contributed by atoms with Gasteiger partial charge >= 0.3 is 0 Å². The monoisotopic (exact) mass is 344 g/mol. The molecule has 0 bridgehead atoms. The van der Waals surface area contributed by atoms with Crippen LogP contribution in [0.25, 0.3) is 0 Å². The Labute approximate surface area is 149 Å². The van der Waals surface area contributed by atoms with Crippen molar-refractivity contribution in [1.82, 2.24) is 4.90 Å². The molecule has 1 aliphatic rings. The van der Waals surface area contributed by atoms with E-state index in [0.29, 0.717) is 12.5 Å². The molecule has 3 nitrogen and oxygen atoms in total. The van der Waals surface area contributed by atoms with Gasteiger partial charge < -0.3 is 10.4 Å². The van der Waals surface area contributed by atoms with E-state index in [1.165, 1.54) is 16.8 Å². The zero-order chi connectivity index (χ0) is 16.8. The molecule has 3 rings (SSSR count). The molecule has 0 radical (unpaired) electrons. The van der Waals surface area contributed by atoms with E-state index in [9.17, 15) is 5.11 Å². The van der Waals surface area contributed by atoms with Gasteiger partial charge in [0.05, 0.1) is 0 Å². The Bertz CT molecular complexity index is 636. The number of hydrogen-bond acceptors (Lipinski definition) is 3. The van der Waals surface area contributed by atoms with Crippen LogP contribution in [0.2, 0.25) is 5.02 Å². The number of nitrogens with zero attached hydrogens (tertiary/aromatic N) is 1. The van der Waals surface area contributed by atoms with Crippen LogP contribution in [-0.4, -0.2) is 29.7 Å². The van der Waals surface area contributed by atoms with Crippen molar-refractivity contribution < 1.29 is 5.11 Å². The lowest BCUT2D eigenvalue weighted by Gasteiger charge is -2.31. The topological polar surface area (TPSA) is 35.5 Å². The first kappa shape index (κ1) is 17.3. The van der Waals surface area contributed by atoms with Crippen molar-refractivity contribution in [1.29, 1.82) is 0 Å². The molecule has 128 valence electrons.